The summed E-state index contributed by atoms with van der Waals surface area (Å²) in [4.78, 5) is 4.73. The number of hydrogen-bond donors (Lipinski definition) is 2. The van der Waals surface area contributed by atoms with Gasteiger partial charge < -0.3 is 9.47 Å². The highest BCUT2D eigenvalue weighted by Crippen LogP contribution is 2.50. The number of aromatic amines is 1. The highest BCUT2D eigenvalue weighted by molar-refractivity contribution is 7.93. The zero-order chi connectivity index (χ0) is 36.5. The zero-order valence-corrected chi connectivity index (χ0v) is 33.7. The largest absolute Gasteiger partial charge is 0.493 e. The van der Waals surface area contributed by atoms with Crippen molar-refractivity contribution in [1.29, 1.82) is 0 Å². The number of aryl methyl sites for hydroxylation is 1. The van der Waals surface area contributed by atoms with Crippen molar-refractivity contribution in [2.45, 2.75) is 170 Å². The van der Waals surface area contributed by atoms with Crippen molar-refractivity contribution in [3.63, 3.8) is 0 Å². The molecule has 9 nitrogen and oxygen atoms in total. The smallest absolute Gasteiger partial charge is 0.244 e. The minimum Gasteiger partial charge on any atom is -0.493 e. The van der Waals surface area contributed by atoms with Gasteiger partial charge in [-0.25, -0.2) is 18.1 Å². The Morgan fingerprint density at radius 1 is 1.02 bits per heavy atom. The van der Waals surface area contributed by atoms with E-state index in [1.165, 1.54) is 43.2 Å². The lowest BCUT2D eigenvalue weighted by Crippen LogP contribution is -2.50. The number of nitrogens with zero attached hydrogens (tertiary/aromatic N) is 3. The van der Waals surface area contributed by atoms with E-state index in [9.17, 15) is 8.42 Å². The molecule has 0 bridgehead atoms. The van der Waals surface area contributed by atoms with E-state index in [1.807, 2.05) is 26.0 Å². The maximum Gasteiger partial charge on any atom is 0.244 e. The predicted molar refractivity (Wildman–Crippen MR) is 202 cm³/mol. The third kappa shape index (κ3) is 11.6. The molecule has 0 spiro atoms. The SMILES string of the molecule is CCCCCCCCOC1=CCC(OC(C)CCCCCC)(C(C)(C)CC(C)(C)C)C=C1S(=O)(=O)NCC(C)c1nc2c(Cl)c(C)[nH]n2n1. The quantitative estimate of drug-likeness (QED) is 0.117. The summed E-state index contributed by atoms with van der Waals surface area (Å²) in [5, 5.41) is 8.09. The Kier molecular flexibility index (Phi) is 15.3. The van der Waals surface area contributed by atoms with Crippen LogP contribution in [-0.2, 0) is 19.5 Å². The van der Waals surface area contributed by atoms with Crippen molar-refractivity contribution in [3.8, 4) is 0 Å². The summed E-state index contributed by atoms with van der Waals surface area (Å²) in [6.45, 7) is 22.0. The average Bonchev–Trinajstić information content (AvgIpc) is 3.55. The number of halogens is 1. The normalized spacial score (nSPS) is 18.8. The van der Waals surface area contributed by atoms with Crippen molar-refractivity contribution < 1.29 is 17.9 Å². The molecule has 3 rings (SSSR count). The van der Waals surface area contributed by atoms with Gasteiger partial charge in [0.25, 0.3) is 0 Å². The lowest BCUT2D eigenvalue weighted by Gasteiger charge is -2.50. The van der Waals surface area contributed by atoms with Gasteiger partial charge in [0.05, 0.1) is 24.0 Å². The molecule has 3 unspecified atom stereocenters. The molecule has 0 saturated carbocycles. The highest BCUT2D eigenvalue weighted by atomic mass is 35.5. The van der Waals surface area contributed by atoms with Crippen LogP contribution in [-0.4, -0.2) is 53.1 Å². The third-order valence-electron chi connectivity index (χ3n) is 9.68. The lowest BCUT2D eigenvalue weighted by molar-refractivity contribution is -0.134. The highest BCUT2D eigenvalue weighted by Gasteiger charge is 2.50. The molecular weight excluding hydrogens is 658 g/mol. The fraction of sp³-hybridized carbons (Fsp3) is 0.789. The number of hydrogen-bond acceptors (Lipinski definition) is 6. The number of H-pyrrole nitrogens is 1. The Hall–Kier alpha value is -1.88. The van der Waals surface area contributed by atoms with Gasteiger partial charge in [0.2, 0.25) is 10.0 Å². The molecule has 49 heavy (non-hydrogen) atoms. The average molecular weight is 724 g/mol. The maximum atomic E-state index is 14.4. The van der Waals surface area contributed by atoms with E-state index in [0.29, 0.717) is 35.3 Å². The summed E-state index contributed by atoms with van der Waals surface area (Å²) < 4.78 is 46.5. The molecule has 0 saturated heterocycles. The Morgan fingerprint density at radius 2 is 1.65 bits per heavy atom. The van der Waals surface area contributed by atoms with Gasteiger partial charge in [-0.1, -0.05) is 125 Å². The van der Waals surface area contributed by atoms with Crippen molar-refractivity contribution in [3.05, 3.63) is 39.4 Å². The first-order chi connectivity index (χ1) is 22.9. The van der Waals surface area contributed by atoms with E-state index in [4.69, 9.17) is 21.1 Å². The second kappa shape index (κ2) is 18.1. The summed E-state index contributed by atoms with van der Waals surface area (Å²) in [5.41, 5.74) is 0.0886. The molecule has 2 heterocycles. The second-order valence-electron chi connectivity index (χ2n) is 16.2. The number of rotatable bonds is 22. The standard InChI is InChI=1S/C38H66ClN5O4S/c1-11-13-15-17-18-20-24-47-31-22-23-38(37(9,10)27-36(6,7)8,48-29(4)21-19-16-14-12-2)25-32(31)49(45,46)40-26-28(3)34-41-35-33(39)30(5)42-44(35)43-34/h22,25,28-29,40,42H,11-21,23-24,26-27H2,1-10H3. The van der Waals surface area contributed by atoms with Crippen LogP contribution in [0.1, 0.15) is 163 Å². The topological polar surface area (TPSA) is 111 Å². The van der Waals surface area contributed by atoms with E-state index < -0.39 is 15.6 Å². The predicted octanol–water partition coefficient (Wildman–Crippen LogP) is 10.2. The van der Waals surface area contributed by atoms with Crippen LogP contribution < -0.4 is 4.72 Å². The molecule has 0 aliphatic heterocycles. The van der Waals surface area contributed by atoms with Crippen LogP contribution >= 0.6 is 11.6 Å². The summed E-state index contributed by atoms with van der Waals surface area (Å²) in [5.74, 6) is 0.608. The second-order valence-corrected chi connectivity index (χ2v) is 18.3. The van der Waals surface area contributed by atoms with E-state index in [2.05, 4.69) is 75.3 Å². The van der Waals surface area contributed by atoms with Crippen LogP contribution in [0.2, 0.25) is 5.02 Å². The van der Waals surface area contributed by atoms with Crippen molar-refractivity contribution in [2.75, 3.05) is 13.2 Å². The van der Waals surface area contributed by atoms with Gasteiger partial charge in [0.15, 0.2) is 11.5 Å². The number of aromatic nitrogens is 4. The van der Waals surface area contributed by atoms with Gasteiger partial charge in [-0.05, 0) is 56.1 Å². The third-order valence-corrected chi connectivity index (χ3v) is 11.6. The number of ether oxygens (including phenoxy) is 2. The van der Waals surface area contributed by atoms with E-state index in [1.54, 1.807) is 0 Å². The number of sulfonamides is 1. The number of nitrogens with one attached hydrogen (secondary N) is 2. The fourth-order valence-corrected chi connectivity index (χ4v) is 8.63. The molecule has 11 heteroatoms. The Bertz CT molecular complexity index is 1500. The Balaban J connectivity index is 1.93. The van der Waals surface area contributed by atoms with Gasteiger partial charge in [0, 0.05) is 18.9 Å². The summed E-state index contributed by atoms with van der Waals surface area (Å²) in [7, 11) is -4.02. The van der Waals surface area contributed by atoms with Gasteiger partial charge in [-0.2, -0.15) is 4.63 Å². The van der Waals surface area contributed by atoms with Gasteiger partial charge in [-0.3, -0.25) is 5.10 Å². The minimum atomic E-state index is -4.02. The fourth-order valence-electron chi connectivity index (χ4n) is 7.09. The molecule has 280 valence electrons. The molecular formula is C38H66ClN5O4S. The van der Waals surface area contributed by atoms with Gasteiger partial charge >= 0.3 is 0 Å². The van der Waals surface area contributed by atoms with E-state index in [-0.39, 0.29) is 34.3 Å². The molecule has 2 aromatic heterocycles. The summed E-state index contributed by atoms with van der Waals surface area (Å²) in [6.07, 6.45) is 17.5. The van der Waals surface area contributed by atoms with Crippen LogP contribution in [0.15, 0.2) is 22.8 Å². The summed E-state index contributed by atoms with van der Waals surface area (Å²) >= 11 is 6.39. The number of unbranched alkanes of at least 4 members (excludes halogenated alkanes) is 8. The van der Waals surface area contributed by atoms with E-state index in [0.717, 1.165) is 44.2 Å². The lowest BCUT2D eigenvalue weighted by atomic mass is 9.64. The molecule has 0 amide bonds. The first-order valence-corrected chi connectivity index (χ1v) is 20.7. The van der Waals surface area contributed by atoms with Crippen molar-refractivity contribution in [2.24, 2.45) is 10.8 Å². The molecule has 1 aliphatic carbocycles. The molecule has 2 aromatic rings. The molecule has 2 N–H and O–H groups in total. The van der Waals surface area contributed by atoms with Crippen LogP contribution in [0.5, 0.6) is 0 Å². The molecule has 0 aromatic carbocycles. The van der Waals surface area contributed by atoms with Gasteiger partial charge in [-0.15, -0.1) is 5.10 Å². The monoisotopic (exact) mass is 723 g/mol. The first-order valence-electron chi connectivity index (χ1n) is 18.8. The van der Waals surface area contributed by atoms with Crippen molar-refractivity contribution in [1.82, 2.24) is 24.5 Å². The first kappa shape index (κ1) is 41.5. The Labute approximate surface area is 302 Å². The van der Waals surface area contributed by atoms with E-state index >= 15 is 0 Å². The molecule has 3 atom stereocenters. The Morgan fingerprint density at radius 3 is 2.29 bits per heavy atom. The molecule has 0 fully saturated rings. The molecule has 0 radical (unpaired) electrons. The maximum absolute atomic E-state index is 14.4. The van der Waals surface area contributed by atoms with Crippen LogP contribution in [0, 0.1) is 17.8 Å². The minimum absolute atomic E-state index is 0.00632. The summed E-state index contributed by atoms with van der Waals surface area (Å²) in [6, 6.07) is 0. The van der Waals surface area contributed by atoms with Crippen LogP contribution in [0.25, 0.3) is 5.65 Å². The number of fused-ring (bicyclic) bond motifs is 1. The van der Waals surface area contributed by atoms with Crippen LogP contribution in [0.4, 0.5) is 0 Å². The zero-order valence-electron chi connectivity index (χ0n) is 32.2. The molecule has 1 aliphatic rings. The van der Waals surface area contributed by atoms with Crippen LogP contribution in [0.3, 0.4) is 0 Å². The van der Waals surface area contributed by atoms with Gasteiger partial charge in [0.1, 0.15) is 15.7 Å². The van der Waals surface area contributed by atoms with Crippen molar-refractivity contribution >= 4 is 27.3 Å².